The van der Waals surface area contributed by atoms with Crippen LogP contribution >= 0.6 is 0 Å². The van der Waals surface area contributed by atoms with E-state index in [1.165, 1.54) is 16.3 Å². The zero-order valence-electron chi connectivity index (χ0n) is 4.50. The molecule has 0 aromatic rings. The van der Waals surface area contributed by atoms with Gasteiger partial charge in [0.05, 0.1) is 0 Å². The SMILES string of the molecule is C[C](C)(C)[AlH2].[HH]. The summed E-state index contributed by atoms with van der Waals surface area (Å²) in [6.07, 6.45) is 0. The quantitative estimate of drug-likeness (QED) is 0.389. The smallest absolute Gasteiger partial charge is 0.0877 e. The lowest BCUT2D eigenvalue weighted by Gasteiger charge is -2.05. The second-order valence-electron chi connectivity index (χ2n) is 3.00. The average molecular weight is 88.1 g/mol. The first kappa shape index (κ1) is 5.53. The number of rotatable bonds is 0. The van der Waals surface area contributed by atoms with Gasteiger partial charge in [-0.15, -0.1) is 0 Å². The topological polar surface area (TPSA) is 0 Å². The fourth-order valence-corrected chi connectivity index (χ4v) is 0. The molecule has 0 aliphatic rings. The van der Waals surface area contributed by atoms with Gasteiger partial charge in [0.2, 0.25) is 16.3 Å². The van der Waals surface area contributed by atoms with Crippen molar-refractivity contribution in [2.75, 3.05) is 0 Å². The third-order valence-corrected chi connectivity index (χ3v) is 0. The lowest BCUT2D eigenvalue weighted by Crippen LogP contribution is -1.90. The first-order valence-corrected chi connectivity index (χ1v) is 3.00. The average Bonchev–Trinajstić information content (AvgIpc) is 0.722. The van der Waals surface area contributed by atoms with E-state index in [2.05, 4.69) is 20.8 Å². The molecule has 0 aromatic heterocycles. The Kier molecular flexibility index (Phi) is 1.47. The molecule has 0 atom stereocenters. The Morgan fingerprint density at radius 2 is 1.40 bits per heavy atom. The largest absolute Gasteiger partial charge is 0.220 e. The number of hydrogen-bond donors (Lipinski definition) is 0. The fraction of sp³-hybridized carbons (Fsp3) is 1.00. The Bertz CT molecular complexity index is 23.0. The van der Waals surface area contributed by atoms with Gasteiger partial charge in [-0.25, -0.2) is 0 Å². The first-order chi connectivity index (χ1) is 2.00. The molecule has 32 valence electrons. The minimum atomic E-state index is 0. The Morgan fingerprint density at radius 3 is 1.40 bits per heavy atom. The van der Waals surface area contributed by atoms with Crippen LogP contribution in [0.25, 0.3) is 0 Å². The lowest BCUT2D eigenvalue weighted by atomic mass is 10.2. The van der Waals surface area contributed by atoms with Crippen LogP contribution < -0.4 is 0 Å². The predicted molar refractivity (Wildman–Crippen MR) is 30.4 cm³/mol. The molecule has 0 N–H and O–H groups in total. The molecule has 0 heterocycles. The summed E-state index contributed by atoms with van der Waals surface area (Å²) in [5, 5.41) is 0. The Hall–Kier alpha value is 0.532. The summed E-state index contributed by atoms with van der Waals surface area (Å²) in [6.45, 7) is 6.75. The zero-order chi connectivity index (χ0) is 4.50. The van der Waals surface area contributed by atoms with E-state index in [1.807, 2.05) is 0 Å². The van der Waals surface area contributed by atoms with Crippen molar-refractivity contribution < 1.29 is 1.43 Å². The van der Waals surface area contributed by atoms with Crippen LogP contribution in [-0.2, 0) is 0 Å². The summed E-state index contributed by atoms with van der Waals surface area (Å²) in [5.41, 5.74) is 0. The van der Waals surface area contributed by atoms with Crippen LogP contribution in [0.5, 0.6) is 0 Å². The van der Waals surface area contributed by atoms with Gasteiger partial charge in [-0.3, -0.25) is 0 Å². The van der Waals surface area contributed by atoms with Crippen LogP contribution in [-0.4, -0.2) is 16.3 Å². The van der Waals surface area contributed by atoms with Gasteiger partial charge in [0.15, 0.2) is 0 Å². The zero-order valence-corrected chi connectivity index (χ0v) is 6.50. The summed E-state index contributed by atoms with van der Waals surface area (Å²) in [5.74, 6) is 0. The highest BCUT2D eigenvalue weighted by molar-refractivity contribution is 6.14. The van der Waals surface area contributed by atoms with E-state index in [0.29, 0.717) is 4.28 Å². The minimum Gasteiger partial charge on any atom is -0.0877 e. The molecule has 0 saturated carbocycles. The number of hydrogen-bond acceptors (Lipinski definition) is 0. The predicted octanol–water partition coefficient (Wildman–Crippen LogP) is 1.08. The standard InChI is InChI=1S/C4H9.Al.H2.2H/c1-4(2)3;;;;/h1-3H3;;1H;;. The van der Waals surface area contributed by atoms with Crippen molar-refractivity contribution >= 4 is 16.3 Å². The minimum absolute atomic E-state index is 0. The maximum Gasteiger partial charge on any atom is 0.220 e. The van der Waals surface area contributed by atoms with Crippen molar-refractivity contribution in [1.82, 2.24) is 0 Å². The molecule has 5 heavy (non-hydrogen) atoms. The summed E-state index contributed by atoms with van der Waals surface area (Å²) in [4.78, 5) is 0. The Labute approximate surface area is 43.5 Å². The van der Waals surface area contributed by atoms with Crippen molar-refractivity contribution in [3.8, 4) is 0 Å². The molecular formula is C4H13Al. The van der Waals surface area contributed by atoms with Crippen LogP contribution in [0.2, 0.25) is 4.28 Å². The van der Waals surface area contributed by atoms with E-state index in [0.717, 1.165) is 0 Å². The Morgan fingerprint density at radius 1 is 1.40 bits per heavy atom. The fourth-order valence-electron chi connectivity index (χ4n) is 0. The van der Waals surface area contributed by atoms with Crippen LogP contribution in [0.1, 0.15) is 22.2 Å². The molecule has 0 bridgehead atoms. The Balaban J connectivity index is 0. The summed E-state index contributed by atoms with van der Waals surface area (Å²) in [7, 11) is 0. The molecule has 0 unspecified atom stereocenters. The molecule has 1 heteroatoms. The van der Waals surface area contributed by atoms with Crippen LogP contribution in [0.3, 0.4) is 0 Å². The highest BCUT2D eigenvalue weighted by Crippen LogP contribution is 2.13. The van der Waals surface area contributed by atoms with E-state index in [9.17, 15) is 0 Å². The van der Waals surface area contributed by atoms with Crippen LogP contribution in [0, 0.1) is 0 Å². The molecule has 0 amide bonds. The van der Waals surface area contributed by atoms with Gasteiger partial charge < -0.3 is 0 Å². The molecule has 0 fully saturated rings. The van der Waals surface area contributed by atoms with Crippen LogP contribution in [0.4, 0.5) is 0 Å². The van der Waals surface area contributed by atoms with Gasteiger partial charge in [-0.1, -0.05) is 25.0 Å². The molecule has 0 radical (unpaired) electrons. The van der Waals surface area contributed by atoms with E-state index >= 15 is 0 Å². The molecule has 0 saturated heterocycles. The molecule has 0 aromatic carbocycles. The van der Waals surface area contributed by atoms with Crippen LogP contribution in [0.15, 0.2) is 0 Å². The van der Waals surface area contributed by atoms with Gasteiger partial charge >= 0.3 is 0 Å². The molecule has 0 aliphatic carbocycles. The van der Waals surface area contributed by atoms with Crippen molar-refractivity contribution in [3.05, 3.63) is 0 Å². The molecular weight excluding hydrogens is 75.0 g/mol. The van der Waals surface area contributed by atoms with Gasteiger partial charge in [0.1, 0.15) is 0 Å². The summed E-state index contributed by atoms with van der Waals surface area (Å²) < 4.78 is 0.639. The van der Waals surface area contributed by atoms with Gasteiger partial charge in [-0.05, 0) is 0 Å². The van der Waals surface area contributed by atoms with Crippen molar-refractivity contribution in [2.45, 2.75) is 25.0 Å². The van der Waals surface area contributed by atoms with E-state index in [-0.39, 0.29) is 1.43 Å². The third-order valence-electron chi connectivity index (χ3n) is 0. The van der Waals surface area contributed by atoms with Gasteiger partial charge in [-0.2, -0.15) is 0 Å². The van der Waals surface area contributed by atoms with Gasteiger partial charge in [0.25, 0.3) is 0 Å². The highest BCUT2D eigenvalue weighted by Gasteiger charge is 1.96. The second kappa shape index (κ2) is 1.33. The van der Waals surface area contributed by atoms with Gasteiger partial charge in [0, 0.05) is 1.43 Å². The molecule has 0 rings (SSSR count). The third kappa shape index (κ3) is 103. The van der Waals surface area contributed by atoms with E-state index in [4.69, 9.17) is 0 Å². The molecule has 0 nitrogen and oxygen atoms in total. The molecule has 0 spiro atoms. The monoisotopic (exact) mass is 88.1 g/mol. The highest BCUT2D eigenvalue weighted by atomic mass is 27.0. The van der Waals surface area contributed by atoms with E-state index in [1.54, 1.807) is 0 Å². The van der Waals surface area contributed by atoms with E-state index < -0.39 is 0 Å². The second-order valence-corrected chi connectivity index (χ2v) is 6.00. The van der Waals surface area contributed by atoms with Crippen molar-refractivity contribution in [3.63, 3.8) is 0 Å². The molecule has 0 aliphatic heterocycles. The lowest BCUT2D eigenvalue weighted by molar-refractivity contribution is 0.767. The maximum absolute atomic E-state index is 2.25. The summed E-state index contributed by atoms with van der Waals surface area (Å²) in [6, 6.07) is 0. The summed E-state index contributed by atoms with van der Waals surface area (Å²) >= 11 is 1.31. The van der Waals surface area contributed by atoms with Crippen molar-refractivity contribution in [2.24, 2.45) is 0 Å². The normalized spacial score (nSPS) is 11.8. The maximum atomic E-state index is 2.25. The first-order valence-electron chi connectivity index (χ1n) is 2.00. The van der Waals surface area contributed by atoms with Crippen molar-refractivity contribution in [1.29, 1.82) is 0 Å².